The first-order valence-corrected chi connectivity index (χ1v) is 6.17. The molecule has 1 radical (unpaired) electrons. The van der Waals surface area contributed by atoms with E-state index in [9.17, 15) is 14.0 Å². The SMILES string of the molecule is C[C@@H]1C(=O)N(C)C(N)=NC1C1=C(C(N)=O)C[CH]C(F)=C1. The number of nitrogens with zero attached hydrogens (tertiary/aromatic N) is 2. The molecule has 0 bridgehead atoms. The lowest BCUT2D eigenvalue weighted by Gasteiger charge is -2.32. The highest BCUT2D eigenvalue weighted by Crippen LogP contribution is 2.32. The summed E-state index contributed by atoms with van der Waals surface area (Å²) in [7, 11) is 1.52. The fourth-order valence-corrected chi connectivity index (χ4v) is 2.35. The topological polar surface area (TPSA) is 102 Å². The number of hydrogen-bond acceptors (Lipinski definition) is 4. The minimum absolute atomic E-state index is 0.0396. The second-order valence-electron chi connectivity index (χ2n) is 4.85. The van der Waals surface area contributed by atoms with Gasteiger partial charge < -0.3 is 11.5 Å². The lowest BCUT2D eigenvalue weighted by Crippen LogP contribution is -2.50. The Morgan fingerprint density at radius 1 is 1.55 bits per heavy atom. The fourth-order valence-electron chi connectivity index (χ4n) is 2.35. The highest BCUT2D eigenvalue weighted by Gasteiger charge is 2.36. The molecule has 6 nitrogen and oxygen atoms in total. The van der Waals surface area contributed by atoms with E-state index in [-0.39, 0.29) is 23.9 Å². The van der Waals surface area contributed by atoms with Crippen LogP contribution in [0, 0.1) is 12.3 Å². The maximum absolute atomic E-state index is 13.5. The molecule has 0 fully saturated rings. The van der Waals surface area contributed by atoms with Crippen molar-refractivity contribution in [3.63, 3.8) is 0 Å². The van der Waals surface area contributed by atoms with Crippen LogP contribution in [0.15, 0.2) is 28.0 Å². The Hall–Kier alpha value is -2.18. The van der Waals surface area contributed by atoms with Gasteiger partial charge in [0.25, 0.3) is 0 Å². The van der Waals surface area contributed by atoms with E-state index in [1.54, 1.807) is 6.92 Å². The van der Waals surface area contributed by atoms with E-state index in [1.807, 2.05) is 0 Å². The molecule has 0 saturated heterocycles. The number of nitrogens with two attached hydrogens (primary N) is 2. The van der Waals surface area contributed by atoms with Crippen LogP contribution in [-0.2, 0) is 9.59 Å². The van der Waals surface area contributed by atoms with Crippen LogP contribution in [0.25, 0.3) is 0 Å². The third-order valence-corrected chi connectivity index (χ3v) is 3.57. The summed E-state index contributed by atoms with van der Waals surface area (Å²) in [4.78, 5) is 28.9. The first kappa shape index (κ1) is 14.2. The zero-order valence-electron chi connectivity index (χ0n) is 11.3. The Morgan fingerprint density at radius 3 is 2.80 bits per heavy atom. The minimum atomic E-state index is -0.694. The average molecular weight is 279 g/mol. The predicted octanol–water partition coefficient (Wildman–Crippen LogP) is 0.0211. The summed E-state index contributed by atoms with van der Waals surface area (Å²) in [6.07, 6.45) is 2.55. The highest BCUT2D eigenvalue weighted by atomic mass is 19.1. The number of amides is 2. The van der Waals surface area contributed by atoms with Crippen LogP contribution in [0.4, 0.5) is 4.39 Å². The Labute approximate surface area is 116 Å². The number of primary amides is 1. The molecule has 107 valence electrons. The number of aliphatic imine (C=N–C) groups is 1. The van der Waals surface area contributed by atoms with Gasteiger partial charge in [0.1, 0.15) is 5.83 Å². The number of carbonyl (C=O) groups excluding carboxylic acids is 2. The van der Waals surface area contributed by atoms with Crippen LogP contribution in [0.5, 0.6) is 0 Å². The van der Waals surface area contributed by atoms with Gasteiger partial charge in [0.05, 0.1) is 12.0 Å². The summed E-state index contributed by atoms with van der Waals surface area (Å²) >= 11 is 0. The van der Waals surface area contributed by atoms with Gasteiger partial charge in [0.2, 0.25) is 11.8 Å². The molecular weight excluding hydrogens is 263 g/mol. The molecule has 1 aliphatic carbocycles. The summed E-state index contributed by atoms with van der Waals surface area (Å²) in [5.74, 6) is -1.86. The van der Waals surface area contributed by atoms with Gasteiger partial charge in [-0.25, -0.2) is 9.38 Å². The zero-order chi connectivity index (χ0) is 15.0. The van der Waals surface area contributed by atoms with Crippen molar-refractivity contribution in [2.24, 2.45) is 22.4 Å². The van der Waals surface area contributed by atoms with Crippen LogP contribution in [-0.4, -0.2) is 35.8 Å². The summed E-state index contributed by atoms with van der Waals surface area (Å²) in [5.41, 5.74) is 11.6. The number of carbonyl (C=O) groups is 2. The average Bonchev–Trinajstić information content (AvgIpc) is 2.40. The van der Waals surface area contributed by atoms with Crippen molar-refractivity contribution in [3.05, 3.63) is 29.5 Å². The third kappa shape index (κ3) is 2.31. The molecule has 0 aromatic carbocycles. The Morgan fingerprint density at radius 2 is 2.20 bits per heavy atom. The molecule has 2 aliphatic rings. The van der Waals surface area contributed by atoms with Crippen molar-refractivity contribution in [1.29, 1.82) is 0 Å². The second kappa shape index (κ2) is 5.07. The number of guanidine groups is 1. The monoisotopic (exact) mass is 279 g/mol. The molecular formula is C13H16FN4O2. The highest BCUT2D eigenvalue weighted by molar-refractivity contribution is 6.00. The summed E-state index contributed by atoms with van der Waals surface area (Å²) in [6.45, 7) is 1.66. The van der Waals surface area contributed by atoms with Crippen molar-refractivity contribution in [2.45, 2.75) is 19.4 Å². The minimum Gasteiger partial charge on any atom is -0.369 e. The van der Waals surface area contributed by atoms with Gasteiger partial charge in [0, 0.05) is 19.0 Å². The summed E-state index contributed by atoms with van der Waals surface area (Å²) in [5, 5.41) is 0. The predicted molar refractivity (Wildman–Crippen MR) is 71.7 cm³/mol. The molecule has 1 unspecified atom stereocenters. The number of rotatable bonds is 2. The maximum Gasteiger partial charge on any atom is 0.245 e. The van der Waals surface area contributed by atoms with E-state index in [2.05, 4.69) is 4.99 Å². The molecule has 0 saturated carbocycles. The summed E-state index contributed by atoms with van der Waals surface area (Å²) in [6, 6.07) is -0.694. The molecule has 2 atom stereocenters. The van der Waals surface area contributed by atoms with E-state index in [0.717, 1.165) is 0 Å². The van der Waals surface area contributed by atoms with Gasteiger partial charge in [-0.15, -0.1) is 0 Å². The van der Waals surface area contributed by atoms with Gasteiger partial charge >= 0.3 is 0 Å². The molecule has 4 N–H and O–H groups in total. The van der Waals surface area contributed by atoms with Gasteiger partial charge in [-0.05, 0) is 18.1 Å². The van der Waals surface area contributed by atoms with Crippen LogP contribution >= 0.6 is 0 Å². The Balaban J connectivity index is 2.52. The molecule has 0 aromatic rings. The van der Waals surface area contributed by atoms with Crippen LogP contribution in [0.3, 0.4) is 0 Å². The van der Waals surface area contributed by atoms with Crippen LogP contribution in [0.2, 0.25) is 0 Å². The van der Waals surface area contributed by atoms with Gasteiger partial charge in [-0.1, -0.05) is 6.92 Å². The second-order valence-corrected chi connectivity index (χ2v) is 4.85. The van der Waals surface area contributed by atoms with E-state index in [1.165, 1.54) is 24.4 Å². The van der Waals surface area contributed by atoms with Gasteiger partial charge in [-0.3, -0.25) is 14.5 Å². The summed E-state index contributed by atoms with van der Waals surface area (Å²) < 4.78 is 13.5. The Kier molecular flexibility index (Phi) is 3.61. The molecule has 0 spiro atoms. The molecule has 1 aliphatic heterocycles. The first-order chi connectivity index (χ1) is 9.32. The molecule has 0 aromatic heterocycles. The molecule has 2 rings (SSSR count). The third-order valence-electron chi connectivity index (χ3n) is 3.57. The Bertz CT molecular complexity index is 565. The zero-order valence-corrected chi connectivity index (χ0v) is 11.3. The van der Waals surface area contributed by atoms with Crippen molar-refractivity contribution in [1.82, 2.24) is 4.90 Å². The van der Waals surface area contributed by atoms with Crippen molar-refractivity contribution in [3.8, 4) is 0 Å². The van der Waals surface area contributed by atoms with Crippen LogP contribution in [0.1, 0.15) is 13.3 Å². The maximum atomic E-state index is 13.5. The molecule has 2 amide bonds. The number of halogens is 1. The van der Waals surface area contributed by atoms with E-state index < -0.39 is 23.7 Å². The van der Waals surface area contributed by atoms with Gasteiger partial charge in [0.15, 0.2) is 5.96 Å². The van der Waals surface area contributed by atoms with Crippen molar-refractivity contribution < 1.29 is 14.0 Å². The lowest BCUT2D eigenvalue weighted by atomic mass is 9.85. The number of allylic oxidation sites excluding steroid dienone is 1. The van der Waals surface area contributed by atoms with E-state index in [0.29, 0.717) is 5.57 Å². The first-order valence-electron chi connectivity index (χ1n) is 6.17. The standard InChI is InChI=1S/C13H16FN4O2/c1-6-10(17-13(16)18(2)12(6)20)9-5-7(14)3-4-8(9)11(15)19/h3,5-6,10H,4H2,1-2H3,(H2,15,19)(H2,16,17)/t6-,10?/m0/s1. The van der Waals surface area contributed by atoms with Crippen LogP contribution < -0.4 is 11.5 Å². The smallest absolute Gasteiger partial charge is 0.245 e. The van der Waals surface area contributed by atoms with E-state index in [4.69, 9.17) is 11.5 Å². The van der Waals surface area contributed by atoms with Gasteiger partial charge in [-0.2, -0.15) is 0 Å². The molecule has 7 heteroatoms. The quantitative estimate of drug-likeness (QED) is 0.745. The normalized spacial score (nSPS) is 27.4. The number of hydrogen-bond donors (Lipinski definition) is 2. The largest absolute Gasteiger partial charge is 0.369 e. The molecule has 1 heterocycles. The fraction of sp³-hybridized carbons (Fsp3) is 0.385. The van der Waals surface area contributed by atoms with Crippen molar-refractivity contribution in [2.75, 3.05) is 7.05 Å². The van der Waals surface area contributed by atoms with E-state index >= 15 is 0 Å². The van der Waals surface area contributed by atoms with Crippen molar-refractivity contribution >= 4 is 17.8 Å². The molecule has 20 heavy (non-hydrogen) atoms. The lowest BCUT2D eigenvalue weighted by molar-refractivity contribution is -0.131.